The van der Waals surface area contributed by atoms with Crippen LogP contribution in [0.4, 0.5) is 5.69 Å². The fourth-order valence-corrected chi connectivity index (χ4v) is 7.56. The molecule has 1 aromatic carbocycles. The molecule has 2 N–H and O–H groups in total. The van der Waals surface area contributed by atoms with Gasteiger partial charge in [-0.25, -0.2) is 4.98 Å². The fourth-order valence-electron chi connectivity index (χ4n) is 7.56. The molecular formula is C28H36N4O2. The van der Waals surface area contributed by atoms with Gasteiger partial charge in [0, 0.05) is 35.8 Å². The van der Waals surface area contributed by atoms with Gasteiger partial charge in [0.25, 0.3) is 0 Å². The molecule has 34 heavy (non-hydrogen) atoms. The lowest BCUT2D eigenvalue weighted by atomic mass is 9.49. The van der Waals surface area contributed by atoms with E-state index in [1.54, 1.807) is 0 Å². The van der Waals surface area contributed by atoms with E-state index in [-0.39, 0.29) is 23.1 Å². The highest BCUT2D eigenvalue weighted by Gasteiger charge is 2.55. The summed E-state index contributed by atoms with van der Waals surface area (Å²) in [6.07, 6.45) is 11.3. The molecule has 7 rings (SSSR count). The number of amides is 2. The zero-order chi connectivity index (χ0) is 23.4. The summed E-state index contributed by atoms with van der Waals surface area (Å²) in [5.74, 6) is 3.27. The normalized spacial score (nSPS) is 29.8. The van der Waals surface area contributed by atoms with Gasteiger partial charge in [0.2, 0.25) is 11.8 Å². The van der Waals surface area contributed by atoms with Crippen molar-refractivity contribution >= 4 is 17.5 Å². The lowest BCUT2D eigenvalue weighted by Crippen LogP contribution is -2.57. The third-order valence-electron chi connectivity index (χ3n) is 8.86. The van der Waals surface area contributed by atoms with Crippen molar-refractivity contribution in [2.45, 2.75) is 77.8 Å². The highest BCUT2D eigenvalue weighted by Crippen LogP contribution is 2.60. The number of carbonyl (C=O) groups excluding carboxylic acids is 2. The van der Waals surface area contributed by atoms with Crippen LogP contribution in [0.1, 0.15) is 64.6 Å². The lowest BCUT2D eigenvalue weighted by Gasteiger charge is -2.55. The van der Waals surface area contributed by atoms with Gasteiger partial charge in [-0.1, -0.05) is 26.0 Å². The van der Waals surface area contributed by atoms with Gasteiger partial charge in [-0.3, -0.25) is 9.59 Å². The van der Waals surface area contributed by atoms with Gasteiger partial charge >= 0.3 is 0 Å². The minimum absolute atomic E-state index is 0.0186. The first-order valence-corrected chi connectivity index (χ1v) is 13.2. The van der Waals surface area contributed by atoms with Gasteiger partial charge in [0.15, 0.2) is 0 Å². The fraction of sp³-hybridized carbons (Fsp3) is 0.607. The Kier molecular flexibility index (Phi) is 5.30. The lowest BCUT2D eigenvalue weighted by molar-refractivity contribution is -0.148. The number of benzene rings is 1. The van der Waals surface area contributed by atoms with Crippen LogP contribution in [0, 0.1) is 29.1 Å². The number of nitrogens with zero attached hydrogens (tertiary/aromatic N) is 2. The maximum Gasteiger partial charge on any atom is 0.247 e. The highest BCUT2D eigenvalue weighted by molar-refractivity contribution is 5.98. The summed E-state index contributed by atoms with van der Waals surface area (Å²) in [6.45, 7) is 5.05. The topological polar surface area (TPSA) is 76.0 Å². The van der Waals surface area contributed by atoms with Gasteiger partial charge in [-0.05, 0) is 80.8 Å². The molecule has 2 heterocycles. The van der Waals surface area contributed by atoms with Crippen LogP contribution in [0.15, 0.2) is 30.5 Å². The molecule has 2 amide bonds. The predicted molar refractivity (Wildman–Crippen MR) is 132 cm³/mol. The van der Waals surface area contributed by atoms with Crippen LogP contribution in [0.5, 0.6) is 0 Å². The number of anilines is 1. The van der Waals surface area contributed by atoms with E-state index in [0.717, 1.165) is 55.0 Å². The third kappa shape index (κ3) is 3.85. The monoisotopic (exact) mass is 460 g/mol. The van der Waals surface area contributed by atoms with Gasteiger partial charge in [-0.15, -0.1) is 0 Å². The molecule has 4 bridgehead atoms. The Morgan fingerprint density at radius 2 is 1.68 bits per heavy atom. The molecule has 1 aliphatic heterocycles. The minimum atomic E-state index is -0.531. The van der Waals surface area contributed by atoms with E-state index in [1.807, 2.05) is 38.1 Å². The summed E-state index contributed by atoms with van der Waals surface area (Å²) < 4.78 is 2.23. The molecule has 5 aliphatic rings. The standard InChI is InChI=1S/C28H36N4O2/c1-17(2)25(31-27(34)28-13-18-10-19(14-28)12-20(11-18)15-28)26(33)29-22-7-5-21(6-8-22)23-16-32-9-3-4-24(32)30-23/h5-8,16-20,25H,3-4,9-15H2,1-2H3,(H,29,33)(H,31,34)/t18?,19?,20?,25-,28?/m1/s1. The number of nitrogens with one attached hydrogen (secondary N) is 2. The molecule has 180 valence electrons. The van der Waals surface area contributed by atoms with Crippen molar-refractivity contribution < 1.29 is 9.59 Å². The van der Waals surface area contributed by atoms with E-state index < -0.39 is 6.04 Å². The van der Waals surface area contributed by atoms with E-state index >= 15 is 0 Å². The first-order valence-electron chi connectivity index (χ1n) is 13.2. The molecule has 1 aromatic heterocycles. The Labute approximate surface area is 201 Å². The number of imidazole rings is 1. The summed E-state index contributed by atoms with van der Waals surface area (Å²) in [7, 11) is 0. The van der Waals surface area contributed by atoms with Crippen LogP contribution in [-0.4, -0.2) is 27.4 Å². The van der Waals surface area contributed by atoms with Crippen molar-refractivity contribution in [3.8, 4) is 11.3 Å². The first-order chi connectivity index (χ1) is 16.4. The molecular weight excluding hydrogens is 424 g/mol. The molecule has 0 unspecified atom stereocenters. The zero-order valence-corrected chi connectivity index (χ0v) is 20.3. The van der Waals surface area contributed by atoms with E-state index in [9.17, 15) is 9.59 Å². The number of hydrogen-bond acceptors (Lipinski definition) is 3. The number of fused-ring (bicyclic) bond motifs is 1. The first kappa shape index (κ1) is 21.9. The molecule has 2 aromatic rings. The number of rotatable bonds is 6. The van der Waals surface area contributed by atoms with E-state index in [2.05, 4.69) is 21.4 Å². The molecule has 0 radical (unpaired) electrons. The second-order valence-electron chi connectivity index (χ2n) is 11.8. The summed E-state index contributed by atoms with van der Waals surface area (Å²) >= 11 is 0. The largest absolute Gasteiger partial charge is 0.344 e. The number of carbonyl (C=O) groups is 2. The summed E-state index contributed by atoms with van der Waals surface area (Å²) in [5.41, 5.74) is 2.54. The number of aryl methyl sites for hydroxylation is 2. The average Bonchev–Trinajstić information content (AvgIpc) is 3.39. The van der Waals surface area contributed by atoms with Crippen LogP contribution in [0.3, 0.4) is 0 Å². The van der Waals surface area contributed by atoms with Crippen molar-refractivity contribution in [3.05, 3.63) is 36.3 Å². The smallest absolute Gasteiger partial charge is 0.247 e. The maximum atomic E-state index is 13.5. The second-order valence-corrected chi connectivity index (χ2v) is 11.8. The Balaban J connectivity index is 1.12. The Morgan fingerprint density at radius 1 is 1.03 bits per heavy atom. The average molecular weight is 461 g/mol. The van der Waals surface area contributed by atoms with Gasteiger partial charge in [0.05, 0.1) is 5.69 Å². The van der Waals surface area contributed by atoms with Crippen molar-refractivity contribution in [2.24, 2.45) is 29.1 Å². The molecule has 6 heteroatoms. The van der Waals surface area contributed by atoms with Crippen LogP contribution in [0.25, 0.3) is 11.3 Å². The van der Waals surface area contributed by atoms with Crippen molar-refractivity contribution in [2.75, 3.05) is 5.32 Å². The SMILES string of the molecule is CC(C)[C@@H](NC(=O)C12CC3CC(CC(C3)C1)C2)C(=O)Nc1ccc(-c2cn3c(n2)CCC3)cc1. The Morgan fingerprint density at radius 3 is 2.26 bits per heavy atom. The van der Waals surface area contributed by atoms with E-state index in [1.165, 1.54) is 25.7 Å². The van der Waals surface area contributed by atoms with E-state index in [0.29, 0.717) is 17.8 Å². The molecule has 6 nitrogen and oxygen atoms in total. The quantitative estimate of drug-likeness (QED) is 0.651. The van der Waals surface area contributed by atoms with Gasteiger partial charge in [-0.2, -0.15) is 0 Å². The summed E-state index contributed by atoms with van der Waals surface area (Å²) in [6, 6.07) is 7.33. The van der Waals surface area contributed by atoms with Crippen molar-refractivity contribution in [1.29, 1.82) is 0 Å². The Hall–Kier alpha value is -2.63. The number of aromatic nitrogens is 2. The van der Waals surface area contributed by atoms with Crippen LogP contribution >= 0.6 is 0 Å². The summed E-state index contributed by atoms with van der Waals surface area (Å²) in [4.78, 5) is 31.5. The third-order valence-corrected chi connectivity index (χ3v) is 8.86. The molecule has 1 atom stereocenters. The predicted octanol–water partition coefficient (Wildman–Crippen LogP) is 4.79. The molecule has 4 saturated carbocycles. The molecule has 4 fully saturated rings. The summed E-state index contributed by atoms with van der Waals surface area (Å²) in [5, 5.41) is 6.23. The highest BCUT2D eigenvalue weighted by atomic mass is 16.2. The maximum absolute atomic E-state index is 13.5. The van der Waals surface area contributed by atoms with Gasteiger partial charge in [0.1, 0.15) is 11.9 Å². The molecule has 0 spiro atoms. The zero-order valence-electron chi connectivity index (χ0n) is 20.3. The van der Waals surface area contributed by atoms with Crippen LogP contribution in [-0.2, 0) is 22.6 Å². The molecule has 4 aliphatic carbocycles. The van der Waals surface area contributed by atoms with Crippen LogP contribution in [0.2, 0.25) is 0 Å². The minimum Gasteiger partial charge on any atom is -0.344 e. The Bertz CT molecular complexity index is 1040. The van der Waals surface area contributed by atoms with Crippen molar-refractivity contribution in [1.82, 2.24) is 14.9 Å². The van der Waals surface area contributed by atoms with Gasteiger partial charge < -0.3 is 15.2 Å². The molecule has 0 saturated heterocycles. The number of hydrogen-bond donors (Lipinski definition) is 2. The van der Waals surface area contributed by atoms with E-state index in [4.69, 9.17) is 4.98 Å². The van der Waals surface area contributed by atoms with Crippen molar-refractivity contribution in [3.63, 3.8) is 0 Å². The van der Waals surface area contributed by atoms with Crippen LogP contribution < -0.4 is 10.6 Å². The second kappa shape index (κ2) is 8.24.